The van der Waals surface area contributed by atoms with Gasteiger partial charge < -0.3 is 5.32 Å². The highest BCUT2D eigenvalue weighted by Crippen LogP contribution is 2.18. The lowest BCUT2D eigenvalue weighted by Gasteiger charge is -2.09. The summed E-state index contributed by atoms with van der Waals surface area (Å²) in [5.41, 5.74) is 1.63. The first-order chi connectivity index (χ1) is 11.3. The Morgan fingerprint density at radius 2 is 1.83 bits per heavy atom. The summed E-state index contributed by atoms with van der Waals surface area (Å²) < 4.78 is 22.9. The fourth-order valence-electron chi connectivity index (χ4n) is 2.34. The summed E-state index contributed by atoms with van der Waals surface area (Å²) in [5, 5.41) is 8.76. The molecule has 0 saturated heterocycles. The molecule has 3 N–H and O–H groups in total. The van der Waals surface area contributed by atoms with E-state index in [1.54, 1.807) is 19.1 Å². The standard InChI is InChI=1S/C17H15N3O3S/c1-11-6-8-13(24(18,22)23)10-14(11)17(21)20-16-9-7-12-4-2-3-5-15(12)19-16/h2-10H,1H3,(H2,18,22,23)(H,19,20,21). The van der Waals surface area contributed by atoms with Crippen molar-refractivity contribution in [3.05, 3.63) is 65.7 Å². The first-order valence-electron chi connectivity index (χ1n) is 7.15. The van der Waals surface area contributed by atoms with Gasteiger partial charge in [0.05, 0.1) is 10.4 Å². The Balaban J connectivity index is 1.94. The van der Waals surface area contributed by atoms with Crippen molar-refractivity contribution < 1.29 is 13.2 Å². The van der Waals surface area contributed by atoms with Crippen molar-refractivity contribution in [2.24, 2.45) is 5.14 Å². The number of nitrogens with zero attached hydrogens (tertiary/aromatic N) is 1. The molecule has 1 heterocycles. The van der Waals surface area contributed by atoms with Crippen LogP contribution in [0, 0.1) is 6.92 Å². The molecule has 0 aliphatic rings. The van der Waals surface area contributed by atoms with E-state index in [4.69, 9.17) is 5.14 Å². The van der Waals surface area contributed by atoms with Gasteiger partial charge in [0.15, 0.2) is 0 Å². The SMILES string of the molecule is Cc1ccc(S(N)(=O)=O)cc1C(=O)Nc1ccc2ccccc2n1. The zero-order valence-corrected chi connectivity index (χ0v) is 13.7. The third-order valence-electron chi connectivity index (χ3n) is 3.62. The molecule has 1 aromatic heterocycles. The lowest BCUT2D eigenvalue weighted by atomic mass is 10.1. The second kappa shape index (κ2) is 6.03. The summed E-state index contributed by atoms with van der Waals surface area (Å²) in [7, 11) is -3.87. The normalized spacial score (nSPS) is 11.4. The van der Waals surface area contributed by atoms with Crippen LogP contribution in [0.1, 0.15) is 15.9 Å². The van der Waals surface area contributed by atoms with Gasteiger partial charge in [-0.05, 0) is 42.8 Å². The highest BCUT2D eigenvalue weighted by atomic mass is 32.2. The lowest BCUT2D eigenvalue weighted by molar-refractivity contribution is 0.102. The molecule has 0 fully saturated rings. The Kier molecular flexibility index (Phi) is 4.04. The minimum atomic E-state index is -3.87. The molecule has 6 nitrogen and oxygen atoms in total. The van der Waals surface area contributed by atoms with E-state index in [1.165, 1.54) is 12.1 Å². The number of rotatable bonds is 3. The smallest absolute Gasteiger partial charge is 0.257 e. The fraction of sp³-hybridized carbons (Fsp3) is 0.0588. The van der Waals surface area contributed by atoms with Crippen molar-refractivity contribution in [3.8, 4) is 0 Å². The minimum absolute atomic E-state index is 0.107. The van der Waals surface area contributed by atoms with Gasteiger partial charge in [-0.1, -0.05) is 24.3 Å². The molecule has 24 heavy (non-hydrogen) atoms. The zero-order valence-electron chi connectivity index (χ0n) is 12.9. The van der Waals surface area contributed by atoms with Crippen molar-refractivity contribution in [2.45, 2.75) is 11.8 Å². The molecule has 0 spiro atoms. The van der Waals surface area contributed by atoms with E-state index in [9.17, 15) is 13.2 Å². The van der Waals surface area contributed by atoms with E-state index in [2.05, 4.69) is 10.3 Å². The molecule has 0 bridgehead atoms. The molecule has 0 aliphatic carbocycles. The summed E-state index contributed by atoms with van der Waals surface area (Å²) >= 11 is 0. The van der Waals surface area contributed by atoms with Crippen molar-refractivity contribution in [3.63, 3.8) is 0 Å². The van der Waals surface area contributed by atoms with Crippen LogP contribution in [-0.4, -0.2) is 19.3 Å². The second-order valence-electron chi connectivity index (χ2n) is 5.37. The van der Waals surface area contributed by atoms with Gasteiger partial charge in [-0.3, -0.25) is 4.79 Å². The van der Waals surface area contributed by atoms with Gasteiger partial charge in [0.25, 0.3) is 5.91 Å². The number of aromatic nitrogens is 1. The molecule has 122 valence electrons. The van der Waals surface area contributed by atoms with E-state index in [0.717, 1.165) is 10.9 Å². The van der Waals surface area contributed by atoms with Crippen molar-refractivity contribution in [1.29, 1.82) is 0 Å². The van der Waals surface area contributed by atoms with Crippen LogP contribution in [0.5, 0.6) is 0 Å². The number of carbonyl (C=O) groups is 1. The molecular formula is C17H15N3O3S. The van der Waals surface area contributed by atoms with Crippen molar-refractivity contribution in [2.75, 3.05) is 5.32 Å². The van der Waals surface area contributed by atoms with Crippen LogP contribution < -0.4 is 10.5 Å². The summed E-state index contributed by atoms with van der Waals surface area (Å²) in [6.45, 7) is 1.72. The largest absolute Gasteiger partial charge is 0.307 e. The van der Waals surface area contributed by atoms with E-state index < -0.39 is 15.9 Å². The number of primary sulfonamides is 1. The average molecular weight is 341 g/mol. The number of para-hydroxylation sites is 1. The van der Waals surface area contributed by atoms with Crippen LogP contribution >= 0.6 is 0 Å². The number of hydrogen-bond donors (Lipinski definition) is 2. The number of hydrogen-bond acceptors (Lipinski definition) is 4. The molecule has 0 unspecified atom stereocenters. The third kappa shape index (κ3) is 3.27. The molecule has 0 radical (unpaired) electrons. The number of amides is 1. The third-order valence-corrected chi connectivity index (χ3v) is 4.53. The number of nitrogens with one attached hydrogen (secondary N) is 1. The van der Waals surface area contributed by atoms with Crippen LogP contribution in [0.2, 0.25) is 0 Å². The van der Waals surface area contributed by atoms with Crippen LogP contribution in [0.25, 0.3) is 10.9 Å². The van der Waals surface area contributed by atoms with Gasteiger partial charge in [-0.2, -0.15) is 0 Å². The van der Waals surface area contributed by atoms with Gasteiger partial charge in [0.1, 0.15) is 5.82 Å². The van der Waals surface area contributed by atoms with E-state index in [-0.39, 0.29) is 10.5 Å². The molecule has 0 aliphatic heterocycles. The topological polar surface area (TPSA) is 102 Å². The summed E-state index contributed by atoms with van der Waals surface area (Å²) in [6.07, 6.45) is 0. The number of nitrogens with two attached hydrogens (primary N) is 1. The maximum atomic E-state index is 12.5. The Bertz CT molecular complexity index is 1050. The average Bonchev–Trinajstić information content (AvgIpc) is 2.54. The van der Waals surface area contributed by atoms with Gasteiger partial charge >= 0.3 is 0 Å². The summed E-state index contributed by atoms with van der Waals surface area (Å²) in [6, 6.07) is 15.3. The Morgan fingerprint density at radius 1 is 1.08 bits per heavy atom. The first-order valence-corrected chi connectivity index (χ1v) is 8.70. The van der Waals surface area contributed by atoms with Crippen LogP contribution in [0.15, 0.2) is 59.5 Å². The molecule has 2 aromatic carbocycles. The van der Waals surface area contributed by atoms with Gasteiger partial charge in [0, 0.05) is 10.9 Å². The Labute approximate surface area is 139 Å². The van der Waals surface area contributed by atoms with Gasteiger partial charge in [0.2, 0.25) is 10.0 Å². The van der Waals surface area contributed by atoms with Crippen molar-refractivity contribution in [1.82, 2.24) is 4.98 Å². The van der Waals surface area contributed by atoms with Crippen LogP contribution in [0.3, 0.4) is 0 Å². The second-order valence-corrected chi connectivity index (χ2v) is 6.93. The predicted octanol–water partition coefficient (Wildman–Crippen LogP) is 2.44. The maximum Gasteiger partial charge on any atom is 0.257 e. The quantitative estimate of drug-likeness (QED) is 0.764. The van der Waals surface area contributed by atoms with E-state index >= 15 is 0 Å². The number of carbonyl (C=O) groups excluding carboxylic acids is 1. The van der Waals surface area contributed by atoms with E-state index in [1.807, 2.05) is 30.3 Å². The fourth-order valence-corrected chi connectivity index (χ4v) is 2.88. The van der Waals surface area contributed by atoms with E-state index in [0.29, 0.717) is 11.4 Å². The number of sulfonamides is 1. The monoisotopic (exact) mass is 341 g/mol. The number of anilines is 1. The van der Waals surface area contributed by atoms with Gasteiger partial charge in [-0.25, -0.2) is 18.5 Å². The Morgan fingerprint density at radius 3 is 2.58 bits per heavy atom. The Hall–Kier alpha value is -2.77. The van der Waals surface area contributed by atoms with Crippen molar-refractivity contribution >= 4 is 32.7 Å². The maximum absolute atomic E-state index is 12.5. The first kappa shape index (κ1) is 16.1. The lowest BCUT2D eigenvalue weighted by Crippen LogP contribution is -2.17. The van der Waals surface area contributed by atoms with Crippen LogP contribution in [-0.2, 0) is 10.0 Å². The molecular weight excluding hydrogens is 326 g/mol. The number of pyridine rings is 1. The minimum Gasteiger partial charge on any atom is -0.307 e. The summed E-state index contributed by atoms with van der Waals surface area (Å²) in [4.78, 5) is 16.7. The predicted molar refractivity (Wildman–Crippen MR) is 92.2 cm³/mol. The molecule has 7 heteroatoms. The highest BCUT2D eigenvalue weighted by molar-refractivity contribution is 7.89. The summed E-state index contributed by atoms with van der Waals surface area (Å²) in [5.74, 6) is -0.0557. The number of benzene rings is 2. The van der Waals surface area contributed by atoms with Crippen LogP contribution in [0.4, 0.5) is 5.82 Å². The highest BCUT2D eigenvalue weighted by Gasteiger charge is 2.15. The molecule has 0 atom stereocenters. The number of aryl methyl sites for hydroxylation is 1. The molecule has 3 rings (SSSR count). The zero-order chi connectivity index (χ0) is 17.3. The van der Waals surface area contributed by atoms with Gasteiger partial charge in [-0.15, -0.1) is 0 Å². The molecule has 3 aromatic rings. The molecule has 1 amide bonds. The number of fused-ring (bicyclic) bond motifs is 1. The molecule has 0 saturated carbocycles.